The minimum Gasteiger partial charge on any atom is -0.305 e. The first-order chi connectivity index (χ1) is 15.0. The minimum atomic E-state index is -0.340. The van der Waals surface area contributed by atoms with Crippen LogP contribution < -0.4 is 4.90 Å². The lowest BCUT2D eigenvalue weighted by atomic mass is 10.00. The number of likely N-dealkylation sites (tertiary alicyclic amines) is 1. The van der Waals surface area contributed by atoms with Crippen molar-refractivity contribution in [2.75, 3.05) is 18.0 Å². The Bertz CT molecular complexity index is 1030. The zero-order valence-electron chi connectivity index (χ0n) is 17.0. The van der Waals surface area contributed by atoms with Crippen molar-refractivity contribution in [1.29, 1.82) is 0 Å². The highest BCUT2D eigenvalue weighted by Gasteiger charge is 2.30. The average molecular weight is 441 g/mol. The number of hydrogen-bond acceptors (Lipinski definition) is 2. The zero-order chi connectivity index (χ0) is 21.8. The smallest absolute Gasteiger partial charge is 0.258 e. The molecule has 6 heteroatoms. The summed E-state index contributed by atoms with van der Waals surface area (Å²) >= 11 is 6.10. The van der Waals surface area contributed by atoms with Crippen molar-refractivity contribution >= 4 is 23.2 Å². The second-order valence-corrected chi connectivity index (χ2v) is 8.23. The van der Waals surface area contributed by atoms with Crippen molar-refractivity contribution in [2.24, 2.45) is 0 Å². The summed E-state index contributed by atoms with van der Waals surface area (Å²) < 4.78 is 26.7. The van der Waals surface area contributed by atoms with E-state index < -0.39 is 0 Å². The van der Waals surface area contributed by atoms with Crippen molar-refractivity contribution < 1.29 is 13.6 Å². The van der Waals surface area contributed by atoms with Crippen molar-refractivity contribution in [2.45, 2.75) is 25.4 Å². The molecule has 1 fully saturated rings. The molecule has 0 aromatic heterocycles. The highest BCUT2D eigenvalue weighted by Crippen LogP contribution is 2.27. The Morgan fingerprint density at radius 1 is 0.935 bits per heavy atom. The van der Waals surface area contributed by atoms with Crippen LogP contribution in [0.5, 0.6) is 0 Å². The first kappa shape index (κ1) is 21.5. The van der Waals surface area contributed by atoms with Crippen LogP contribution in [0.25, 0.3) is 0 Å². The molecule has 0 saturated carbocycles. The van der Waals surface area contributed by atoms with Gasteiger partial charge in [-0.25, -0.2) is 8.78 Å². The Morgan fingerprint density at radius 2 is 1.55 bits per heavy atom. The molecule has 0 spiro atoms. The second kappa shape index (κ2) is 9.58. The third kappa shape index (κ3) is 5.30. The maximum Gasteiger partial charge on any atom is 0.258 e. The molecule has 3 nitrogen and oxygen atoms in total. The van der Waals surface area contributed by atoms with Gasteiger partial charge in [-0.05, 0) is 73.0 Å². The van der Waals surface area contributed by atoms with E-state index in [-0.39, 0.29) is 23.6 Å². The Hall–Kier alpha value is -2.76. The van der Waals surface area contributed by atoms with Gasteiger partial charge in [0.15, 0.2) is 0 Å². The Morgan fingerprint density at radius 3 is 2.16 bits per heavy atom. The van der Waals surface area contributed by atoms with E-state index in [4.69, 9.17) is 11.6 Å². The monoisotopic (exact) mass is 440 g/mol. The molecule has 1 saturated heterocycles. The fourth-order valence-corrected chi connectivity index (χ4v) is 4.23. The summed E-state index contributed by atoms with van der Waals surface area (Å²) in [4.78, 5) is 17.5. The Kier molecular flexibility index (Phi) is 6.64. The Balaban J connectivity index is 1.51. The van der Waals surface area contributed by atoms with Crippen molar-refractivity contribution in [3.8, 4) is 0 Å². The van der Waals surface area contributed by atoms with Gasteiger partial charge in [0, 0.05) is 41.9 Å². The first-order valence-corrected chi connectivity index (χ1v) is 10.7. The number of benzene rings is 3. The number of carbonyl (C=O) groups is 1. The average Bonchev–Trinajstić information content (AvgIpc) is 2.78. The lowest BCUT2D eigenvalue weighted by Gasteiger charge is -2.38. The largest absolute Gasteiger partial charge is 0.305 e. The van der Waals surface area contributed by atoms with E-state index in [1.165, 1.54) is 24.3 Å². The highest BCUT2D eigenvalue weighted by atomic mass is 35.5. The molecule has 0 atom stereocenters. The molecule has 1 heterocycles. The number of nitrogens with zero attached hydrogens (tertiary/aromatic N) is 2. The number of carbonyl (C=O) groups excluding carboxylic acids is 1. The quantitative estimate of drug-likeness (QED) is 0.491. The molecule has 4 rings (SSSR count). The Labute approximate surface area is 185 Å². The lowest BCUT2D eigenvalue weighted by Crippen LogP contribution is -2.47. The summed E-state index contributed by atoms with van der Waals surface area (Å²) in [6, 6.07) is 19.5. The van der Waals surface area contributed by atoms with Crippen LogP contribution in [-0.4, -0.2) is 29.9 Å². The van der Waals surface area contributed by atoms with Crippen LogP contribution in [0.1, 0.15) is 28.8 Å². The zero-order valence-corrected chi connectivity index (χ0v) is 17.7. The van der Waals surface area contributed by atoms with Gasteiger partial charge >= 0.3 is 0 Å². The summed E-state index contributed by atoms with van der Waals surface area (Å²) in [5.41, 5.74) is 2.24. The topological polar surface area (TPSA) is 23.6 Å². The molecule has 0 radical (unpaired) electrons. The normalized spacial score (nSPS) is 15.1. The van der Waals surface area contributed by atoms with E-state index in [1.807, 2.05) is 0 Å². The van der Waals surface area contributed by atoms with Crippen LogP contribution in [0.3, 0.4) is 0 Å². The van der Waals surface area contributed by atoms with E-state index in [1.54, 1.807) is 53.4 Å². The standard InChI is InChI=1S/C25H23ClF2N2O/c26-20-3-1-2-19(16-20)25(31)30(23-10-8-22(28)9-11-23)24-12-14-29(15-13-24)17-18-4-6-21(27)7-5-18/h1-11,16,24H,12-15,17H2. The molecule has 0 aliphatic carbocycles. The number of rotatable bonds is 5. The van der Waals surface area contributed by atoms with Crippen LogP contribution in [0.2, 0.25) is 5.02 Å². The molecule has 0 N–H and O–H groups in total. The molecule has 160 valence electrons. The summed E-state index contributed by atoms with van der Waals surface area (Å²) in [6.45, 7) is 2.36. The lowest BCUT2D eigenvalue weighted by molar-refractivity contribution is 0.0958. The maximum atomic E-state index is 13.5. The third-order valence-corrected chi connectivity index (χ3v) is 5.87. The van der Waals surface area contributed by atoms with Crippen LogP contribution in [0, 0.1) is 11.6 Å². The third-order valence-electron chi connectivity index (χ3n) is 5.64. The van der Waals surface area contributed by atoms with Gasteiger partial charge in [-0.1, -0.05) is 29.8 Å². The maximum absolute atomic E-state index is 13.5. The fourth-order valence-electron chi connectivity index (χ4n) is 4.04. The summed E-state index contributed by atoms with van der Waals surface area (Å²) in [5.74, 6) is -0.726. The fraction of sp³-hybridized carbons (Fsp3) is 0.240. The predicted molar refractivity (Wildman–Crippen MR) is 119 cm³/mol. The van der Waals surface area contributed by atoms with Gasteiger partial charge in [0.1, 0.15) is 11.6 Å². The van der Waals surface area contributed by atoms with Gasteiger partial charge in [0.25, 0.3) is 5.91 Å². The summed E-state index contributed by atoms with van der Waals surface area (Å²) in [5, 5.41) is 0.499. The molecular weight excluding hydrogens is 418 g/mol. The van der Waals surface area contributed by atoms with Gasteiger partial charge in [0.2, 0.25) is 0 Å². The molecule has 1 aliphatic rings. The van der Waals surface area contributed by atoms with Crippen molar-refractivity contribution in [3.05, 3.63) is 101 Å². The van der Waals surface area contributed by atoms with E-state index >= 15 is 0 Å². The molecule has 31 heavy (non-hydrogen) atoms. The van der Waals surface area contributed by atoms with Gasteiger partial charge in [-0.3, -0.25) is 9.69 Å². The van der Waals surface area contributed by atoms with Crippen LogP contribution >= 0.6 is 11.6 Å². The molecule has 1 amide bonds. The van der Waals surface area contributed by atoms with Crippen molar-refractivity contribution in [1.82, 2.24) is 4.90 Å². The molecule has 0 unspecified atom stereocenters. The van der Waals surface area contributed by atoms with E-state index in [0.29, 0.717) is 16.3 Å². The van der Waals surface area contributed by atoms with Gasteiger partial charge in [-0.15, -0.1) is 0 Å². The van der Waals surface area contributed by atoms with Crippen LogP contribution in [0.15, 0.2) is 72.8 Å². The number of amides is 1. The summed E-state index contributed by atoms with van der Waals surface area (Å²) in [6.07, 6.45) is 1.57. The second-order valence-electron chi connectivity index (χ2n) is 7.80. The SMILES string of the molecule is O=C(c1cccc(Cl)c1)N(c1ccc(F)cc1)C1CCN(Cc2ccc(F)cc2)CC1. The van der Waals surface area contributed by atoms with E-state index in [2.05, 4.69) is 4.90 Å². The van der Waals surface area contributed by atoms with Crippen molar-refractivity contribution in [3.63, 3.8) is 0 Å². The number of anilines is 1. The van der Waals surface area contributed by atoms with E-state index in [0.717, 1.165) is 38.0 Å². The molecule has 1 aliphatic heterocycles. The summed E-state index contributed by atoms with van der Waals surface area (Å²) in [7, 11) is 0. The van der Waals surface area contributed by atoms with Crippen LogP contribution in [0.4, 0.5) is 14.5 Å². The molecule has 3 aromatic carbocycles. The minimum absolute atomic E-state index is 0.0126. The number of hydrogen-bond donors (Lipinski definition) is 0. The molecular formula is C25H23ClF2N2O. The molecule has 3 aromatic rings. The van der Waals surface area contributed by atoms with E-state index in [9.17, 15) is 13.6 Å². The van der Waals surface area contributed by atoms with Crippen LogP contribution in [-0.2, 0) is 6.54 Å². The number of halogens is 3. The van der Waals surface area contributed by atoms with Gasteiger partial charge in [-0.2, -0.15) is 0 Å². The number of piperidine rings is 1. The van der Waals surface area contributed by atoms with Gasteiger partial charge < -0.3 is 4.90 Å². The molecule has 0 bridgehead atoms. The van der Waals surface area contributed by atoms with Gasteiger partial charge in [0.05, 0.1) is 0 Å². The predicted octanol–water partition coefficient (Wildman–Crippen LogP) is 5.93. The highest BCUT2D eigenvalue weighted by molar-refractivity contribution is 6.31. The first-order valence-electron chi connectivity index (χ1n) is 10.3.